The monoisotopic (exact) mass is 249 g/mol. The molecule has 0 bridgehead atoms. The van der Waals surface area contributed by atoms with Crippen LogP contribution in [0.3, 0.4) is 0 Å². The Morgan fingerprint density at radius 1 is 1.67 bits per heavy atom. The third-order valence-corrected chi connectivity index (χ3v) is 3.41. The predicted molar refractivity (Wildman–Crippen MR) is 63.2 cm³/mol. The van der Waals surface area contributed by atoms with Crippen LogP contribution in [-0.2, 0) is 14.6 Å². The highest BCUT2D eigenvalue weighted by atomic mass is 32.2. The molecule has 0 aromatic heterocycles. The highest BCUT2D eigenvalue weighted by Crippen LogP contribution is 2.08. The van der Waals surface area contributed by atoms with E-state index in [-0.39, 0.29) is 17.0 Å². The summed E-state index contributed by atoms with van der Waals surface area (Å²) in [6.45, 7) is 4.57. The van der Waals surface area contributed by atoms with Crippen LogP contribution in [0.4, 0.5) is 0 Å². The minimum atomic E-state index is -3.03. The number of rotatable bonds is 3. The van der Waals surface area contributed by atoms with E-state index in [4.69, 9.17) is 17.0 Å². The highest BCUT2D eigenvalue weighted by Gasteiger charge is 2.22. The maximum absolute atomic E-state index is 11.1. The van der Waals surface area contributed by atoms with Crippen LogP contribution in [0.25, 0.3) is 0 Å². The summed E-state index contributed by atoms with van der Waals surface area (Å²) in [6, 6.07) is -0.255. The minimum absolute atomic E-state index is 0.0537. The van der Waals surface area contributed by atoms with E-state index >= 15 is 0 Å². The van der Waals surface area contributed by atoms with Gasteiger partial charge in [0.25, 0.3) is 5.17 Å². The van der Waals surface area contributed by atoms with Crippen LogP contribution in [0, 0.1) is 5.92 Å². The Morgan fingerprint density at radius 2 is 2.33 bits per heavy atom. The Morgan fingerprint density at radius 3 is 2.80 bits per heavy atom. The molecule has 0 unspecified atom stereocenters. The molecule has 0 radical (unpaired) electrons. The maximum Gasteiger partial charge on any atom is 0.257 e. The van der Waals surface area contributed by atoms with Crippen LogP contribution in [0.2, 0.25) is 0 Å². The van der Waals surface area contributed by atoms with Gasteiger partial charge in [0.15, 0.2) is 9.84 Å². The molecule has 1 atom stereocenters. The van der Waals surface area contributed by atoms with Gasteiger partial charge >= 0.3 is 0 Å². The predicted octanol–water partition coefficient (Wildman–Crippen LogP) is 0.844. The van der Waals surface area contributed by atoms with Crippen molar-refractivity contribution in [1.29, 1.82) is 0 Å². The zero-order valence-corrected chi connectivity index (χ0v) is 10.4. The van der Waals surface area contributed by atoms with Crippen LogP contribution < -0.4 is 5.32 Å². The normalized spacial score (nSPS) is 23.0. The van der Waals surface area contributed by atoms with E-state index < -0.39 is 9.84 Å². The second-order valence-electron chi connectivity index (χ2n) is 3.90. The number of ether oxygens (including phenoxy) is 1. The molecule has 1 N–H and O–H groups in total. The molecule has 0 aromatic rings. The SMILES string of the molecule is CC(C)COC(=S)N[C@@H]1C=CS(=O)(=O)C1. The minimum Gasteiger partial charge on any atom is -0.471 e. The third-order valence-electron chi connectivity index (χ3n) is 1.78. The van der Waals surface area contributed by atoms with Crippen molar-refractivity contribution in [3.63, 3.8) is 0 Å². The Balaban J connectivity index is 2.32. The van der Waals surface area contributed by atoms with Crippen molar-refractivity contribution in [2.45, 2.75) is 19.9 Å². The van der Waals surface area contributed by atoms with Crippen molar-refractivity contribution in [2.24, 2.45) is 5.92 Å². The molecular weight excluding hydrogens is 234 g/mol. The molecule has 4 nitrogen and oxygen atoms in total. The van der Waals surface area contributed by atoms with E-state index in [1.54, 1.807) is 6.08 Å². The molecule has 0 spiro atoms. The lowest BCUT2D eigenvalue weighted by molar-refractivity contribution is 0.253. The van der Waals surface area contributed by atoms with Gasteiger partial charge in [0, 0.05) is 5.41 Å². The molecule has 6 heteroatoms. The first-order chi connectivity index (χ1) is 6.89. The molecule has 0 aromatic carbocycles. The fourth-order valence-corrected chi connectivity index (χ4v) is 2.56. The topological polar surface area (TPSA) is 55.4 Å². The fourth-order valence-electron chi connectivity index (χ4n) is 1.10. The summed E-state index contributed by atoms with van der Waals surface area (Å²) in [5, 5.41) is 4.30. The molecular formula is C9H15NO3S2. The van der Waals surface area contributed by atoms with Crippen LogP contribution in [0.5, 0.6) is 0 Å². The second kappa shape index (κ2) is 4.94. The summed E-state index contributed by atoms with van der Waals surface area (Å²) in [4.78, 5) is 0. The van der Waals surface area contributed by atoms with Crippen molar-refractivity contribution in [3.8, 4) is 0 Å². The molecule has 0 fully saturated rings. The molecule has 0 saturated carbocycles. The van der Waals surface area contributed by atoms with Gasteiger partial charge in [0.05, 0.1) is 18.4 Å². The van der Waals surface area contributed by atoms with Crippen LogP contribution in [-0.4, -0.2) is 32.0 Å². The van der Waals surface area contributed by atoms with Crippen LogP contribution in [0.15, 0.2) is 11.5 Å². The number of sulfone groups is 1. The summed E-state index contributed by atoms with van der Waals surface area (Å²) in [7, 11) is -3.03. The lowest BCUT2D eigenvalue weighted by atomic mass is 10.2. The Hall–Kier alpha value is -0.620. The van der Waals surface area contributed by atoms with Gasteiger partial charge in [-0.05, 0) is 24.2 Å². The molecule has 1 aliphatic rings. The average molecular weight is 249 g/mol. The zero-order valence-electron chi connectivity index (χ0n) is 8.76. The van der Waals surface area contributed by atoms with Gasteiger partial charge < -0.3 is 10.1 Å². The molecule has 1 heterocycles. The standard InChI is InChI=1S/C9H15NO3S2/c1-7(2)5-13-9(14)10-8-3-4-15(11,12)6-8/h3-4,7-8H,5-6H2,1-2H3,(H,10,14)/t8-/m1/s1. The van der Waals surface area contributed by atoms with Crippen molar-refractivity contribution >= 4 is 27.2 Å². The number of hydrogen-bond donors (Lipinski definition) is 1. The van der Waals surface area contributed by atoms with Crippen molar-refractivity contribution in [2.75, 3.05) is 12.4 Å². The maximum atomic E-state index is 11.1. The van der Waals surface area contributed by atoms with E-state index in [0.717, 1.165) is 0 Å². The van der Waals surface area contributed by atoms with Crippen molar-refractivity contribution in [1.82, 2.24) is 5.32 Å². The zero-order chi connectivity index (χ0) is 11.5. The Kier molecular flexibility index (Phi) is 4.10. The molecule has 0 aliphatic carbocycles. The number of thiocarbonyl (C=S) groups is 1. The van der Waals surface area contributed by atoms with Gasteiger partial charge in [0.2, 0.25) is 0 Å². The Bertz CT molecular complexity index is 360. The largest absolute Gasteiger partial charge is 0.471 e. The summed E-state index contributed by atoms with van der Waals surface area (Å²) >= 11 is 4.92. The van der Waals surface area contributed by atoms with Gasteiger partial charge in [-0.1, -0.05) is 13.8 Å². The van der Waals surface area contributed by atoms with E-state index in [1.165, 1.54) is 5.41 Å². The van der Waals surface area contributed by atoms with Gasteiger partial charge in [-0.15, -0.1) is 0 Å². The van der Waals surface area contributed by atoms with Crippen molar-refractivity contribution < 1.29 is 13.2 Å². The summed E-state index contributed by atoms with van der Waals surface area (Å²) in [5.41, 5.74) is 0. The van der Waals surface area contributed by atoms with Crippen molar-refractivity contribution in [3.05, 3.63) is 11.5 Å². The lowest BCUT2D eigenvalue weighted by Gasteiger charge is -2.14. The van der Waals surface area contributed by atoms with Crippen LogP contribution in [0.1, 0.15) is 13.8 Å². The van der Waals surface area contributed by atoms with E-state index in [9.17, 15) is 8.42 Å². The van der Waals surface area contributed by atoms with E-state index in [0.29, 0.717) is 12.5 Å². The van der Waals surface area contributed by atoms with Gasteiger partial charge in [-0.25, -0.2) is 8.42 Å². The van der Waals surface area contributed by atoms with Crippen LogP contribution >= 0.6 is 12.2 Å². The molecule has 1 aliphatic heterocycles. The summed E-state index contributed by atoms with van der Waals surface area (Å²) < 4.78 is 27.4. The molecule has 0 amide bonds. The molecule has 1 rings (SSSR count). The first kappa shape index (κ1) is 12.4. The summed E-state index contributed by atoms with van der Waals surface area (Å²) in [6.07, 6.45) is 1.58. The lowest BCUT2D eigenvalue weighted by Crippen LogP contribution is -2.36. The average Bonchev–Trinajstić information content (AvgIpc) is 2.42. The highest BCUT2D eigenvalue weighted by molar-refractivity contribution is 7.94. The van der Waals surface area contributed by atoms with E-state index in [1.807, 2.05) is 13.8 Å². The first-order valence-corrected chi connectivity index (χ1v) is 6.85. The number of hydrogen-bond acceptors (Lipinski definition) is 4. The molecule has 86 valence electrons. The second-order valence-corrected chi connectivity index (χ2v) is 6.20. The van der Waals surface area contributed by atoms with Gasteiger partial charge in [0.1, 0.15) is 0 Å². The Labute approximate surface area is 95.6 Å². The molecule has 15 heavy (non-hydrogen) atoms. The first-order valence-electron chi connectivity index (χ1n) is 4.73. The smallest absolute Gasteiger partial charge is 0.257 e. The third kappa shape index (κ3) is 4.61. The quantitative estimate of drug-likeness (QED) is 0.751. The van der Waals surface area contributed by atoms with E-state index in [2.05, 4.69) is 5.32 Å². The van der Waals surface area contributed by atoms with Gasteiger partial charge in [-0.3, -0.25) is 0 Å². The fraction of sp³-hybridized carbons (Fsp3) is 0.667. The summed E-state index contributed by atoms with van der Waals surface area (Å²) in [5.74, 6) is 0.450. The van der Waals surface area contributed by atoms with Gasteiger partial charge in [-0.2, -0.15) is 0 Å². The number of nitrogens with one attached hydrogen (secondary N) is 1. The molecule has 0 saturated heterocycles.